The van der Waals surface area contributed by atoms with Crippen molar-refractivity contribution in [2.45, 2.75) is 12.6 Å². The number of aromatic amines is 1. The predicted octanol–water partition coefficient (Wildman–Crippen LogP) is 4.30. The van der Waals surface area contributed by atoms with E-state index in [0.29, 0.717) is 6.61 Å². The maximum Gasteiger partial charge on any atom is 0.126 e. The topological polar surface area (TPSA) is 41.1 Å². The first kappa shape index (κ1) is 16.3. The van der Waals surface area contributed by atoms with E-state index in [4.69, 9.17) is 16.3 Å². The second-order valence-corrected chi connectivity index (χ2v) is 6.67. The van der Waals surface area contributed by atoms with Crippen LogP contribution in [0.4, 0.5) is 0 Å². The lowest BCUT2D eigenvalue weighted by atomic mass is 10.1. The molecular weight excluding hydrogens is 334 g/mol. The lowest BCUT2D eigenvalue weighted by Gasteiger charge is -2.34. The van der Waals surface area contributed by atoms with Gasteiger partial charge >= 0.3 is 0 Å². The minimum Gasteiger partial charge on any atom is -0.378 e. The zero-order valence-electron chi connectivity index (χ0n) is 13.9. The van der Waals surface area contributed by atoms with Crippen LogP contribution in [0, 0.1) is 0 Å². The van der Waals surface area contributed by atoms with Crippen molar-refractivity contribution in [2.24, 2.45) is 0 Å². The highest BCUT2D eigenvalue weighted by molar-refractivity contribution is 6.30. The van der Waals surface area contributed by atoms with Gasteiger partial charge in [0.1, 0.15) is 5.82 Å². The van der Waals surface area contributed by atoms with Crippen LogP contribution in [0.3, 0.4) is 0 Å². The molecular formula is C20H20ClN3O. The molecule has 1 saturated heterocycles. The number of halogens is 1. The van der Waals surface area contributed by atoms with Crippen LogP contribution >= 0.6 is 11.6 Å². The number of nitrogens with one attached hydrogen (secondary N) is 1. The number of rotatable bonds is 4. The van der Waals surface area contributed by atoms with E-state index in [-0.39, 0.29) is 6.04 Å². The highest BCUT2D eigenvalue weighted by atomic mass is 35.5. The number of benzene rings is 2. The third-order valence-electron chi connectivity index (χ3n) is 4.53. The maximum absolute atomic E-state index is 5.97. The van der Waals surface area contributed by atoms with Crippen molar-refractivity contribution in [3.63, 3.8) is 0 Å². The van der Waals surface area contributed by atoms with Gasteiger partial charge in [0.2, 0.25) is 0 Å². The summed E-state index contributed by atoms with van der Waals surface area (Å²) in [6.07, 6.45) is 1.88. The van der Waals surface area contributed by atoms with Crippen LogP contribution in [0.5, 0.6) is 0 Å². The Hall–Kier alpha value is -2.14. The van der Waals surface area contributed by atoms with Gasteiger partial charge in [0.25, 0.3) is 0 Å². The Morgan fingerprint density at radius 1 is 1.12 bits per heavy atom. The molecule has 0 bridgehead atoms. The van der Waals surface area contributed by atoms with Gasteiger partial charge in [-0.15, -0.1) is 0 Å². The van der Waals surface area contributed by atoms with Crippen molar-refractivity contribution in [1.82, 2.24) is 14.9 Å². The Balaban J connectivity index is 1.55. The minimum absolute atomic E-state index is 0.134. The van der Waals surface area contributed by atoms with E-state index in [1.54, 1.807) is 0 Å². The van der Waals surface area contributed by atoms with Gasteiger partial charge in [-0.25, -0.2) is 4.98 Å². The number of ether oxygens (including phenoxy) is 1. The molecule has 1 unspecified atom stereocenters. The van der Waals surface area contributed by atoms with E-state index in [0.717, 1.165) is 41.8 Å². The average molecular weight is 354 g/mol. The van der Waals surface area contributed by atoms with E-state index in [2.05, 4.69) is 39.1 Å². The van der Waals surface area contributed by atoms with Crippen LogP contribution in [0.2, 0.25) is 5.02 Å². The molecule has 2 aromatic carbocycles. The van der Waals surface area contributed by atoms with Crippen molar-refractivity contribution >= 4 is 11.6 Å². The minimum atomic E-state index is 0.134. The van der Waals surface area contributed by atoms with Gasteiger partial charge in [-0.05, 0) is 23.3 Å². The van der Waals surface area contributed by atoms with Crippen LogP contribution in [0.15, 0.2) is 60.8 Å². The number of hydrogen-bond acceptors (Lipinski definition) is 3. The molecule has 1 aromatic heterocycles. The Bertz CT molecular complexity index is 816. The fourth-order valence-electron chi connectivity index (χ4n) is 3.18. The van der Waals surface area contributed by atoms with Gasteiger partial charge in [0, 0.05) is 18.1 Å². The van der Waals surface area contributed by atoms with Crippen molar-refractivity contribution in [1.29, 1.82) is 0 Å². The molecule has 1 fully saturated rings. The molecule has 1 aliphatic rings. The van der Waals surface area contributed by atoms with E-state index in [9.17, 15) is 0 Å². The number of imidazole rings is 1. The molecule has 1 aliphatic heterocycles. The molecule has 2 heterocycles. The van der Waals surface area contributed by atoms with Gasteiger partial charge in [-0.1, -0.05) is 54.1 Å². The SMILES string of the molecule is Clc1ccc(-c2cnc(C3COCCN3Cc3ccccc3)[nH]2)cc1. The first-order valence-electron chi connectivity index (χ1n) is 8.46. The van der Waals surface area contributed by atoms with Crippen molar-refractivity contribution in [3.05, 3.63) is 77.2 Å². The summed E-state index contributed by atoms with van der Waals surface area (Å²) < 4.78 is 5.72. The number of H-pyrrole nitrogens is 1. The molecule has 1 atom stereocenters. The standard InChI is InChI=1S/C20H20ClN3O/c21-17-8-6-16(7-9-17)18-12-22-20(23-18)19-14-25-11-10-24(19)13-15-4-2-1-3-5-15/h1-9,12,19H,10-11,13-14H2,(H,22,23). The quantitative estimate of drug-likeness (QED) is 0.760. The van der Waals surface area contributed by atoms with Crippen LogP contribution in [0.25, 0.3) is 11.3 Å². The fraction of sp³-hybridized carbons (Fsp3) is 0.250. The zero-order chi connectivity index (χ0) is 17.1. The Morgan fingerprint density at radius 2 is 1.92 bits per heavy atom. The Kier molecular flexibility index (Phi) is 4.83. The number of morpholine rings is 1. The summed E-state index contributed by atoms with van der Waals surface area (Å²) in [6.45, 7) is 3.21. The van der Waals surface area contributed by atoms with Gasteiger partial charge in [-0.3, -0.25) is 4.90 Å². The van der Waals surface area contributed by atoms with Crippen LogP contribution in [0.1, 0.15) is 17.4 Å². The van der Waals surface area contributed by atoms with E-state index in [1.807, 2.05) is 36.5 Å². The second kappa shape index (κ2) is 7.40. The first-order valence-corrected chi connectivity index (χ1v) is 8.84. The van der Waals surface area contributed by atoms with E-state index >= 15 is 0 Å². The summed E-state index contributed by atoms with van der Waals surface area (Å²) in [7, 11) is 0. The molecule has 0 aliphatic carbocycles. The molecule has 0 spiro atoms. The molecule has 4 rings (SSSR count). The number of nitrogens with zero attached hydrogens (tertiary/aromatic N) is 2. The summed E-state index contributed by atoms with van der Waals surface area (Å²) >= 11 is 5.97. The Morgan fingerprint density at radius 3 is 2.72 bits per heavy atom. The van der Waals surface area contributed by atoms with Gasteiger partial charge < -0.3 is 9.72 Å². The third-order valence-corrected chi connectivity index (χ3v) is 4.79. The third kappa shape index (κ3) is 3.76. The van der Waals surface area contributed by atoms with Gasteiger partial charge in [-0.2, -0.15) is 0 Å². The molecule has 0 radical (unpaired) electrons. The molecule has 0 saturated carbocycles. The van der Waals surface area contributed by atoms with Crippen LogP contribution in [-0.2, 0) is 11.3 Å². The number of hydrogen-bond donors (Lipinski definition) is 1. The summed E-state index contributed by atoms with van der Waals surface area (Å²) in [6, 6.07) is 18.4. The zero-order valence-corrected chi connectivity index (χ0v) is 14.6. The Labute approximate surface area is 152 Å². The molecule has 1 N–H and O–H groups in total. The predicted molar refractivity (Wildman–Crippen MR) is 99.4 cm³/mol. The van der Waals surface area contributed by atoms with Gasteiger partial charge in [0.05, 0.1) is 31.1 Å². The summed E-state index contributed by atoms with van der Waals surface area (Å²) in [4.78, 5) is 10.5. The largest absolute Gasteiger partial charge is 0.378 e. The number of aromatic nitrogens is 2. The molecule has 3 aromatic rings. The van der Waals surface area contributed by atoms with Crippen molar-refractivity contribution in [3.8, 4) is 11.3 Å². The van der Waals surface area contributed by atoms with Crippen LogP contribution in [-0.4, -0.2) is 34.6 Å². The second-order valence-electron chi connectivity index (χ2n) is 6.24. The molecule has 4 nitrogen and oxygen atoms in total. The average Bonchev–Trinajstić information content (AvgIpc) is 3.14. The fourth-order valence-corrected chi connectivity index (χ4v) is 3.31. The maximum atomic E-state index is 5.97. The van der Waals surface area contributed by atoms with Crippen molar-refractivity contribution in [2.75, 3.05) is 19.8 Å². The first-order chi connectivity index (χ1) is 12.3. The van der Waals surface area contributed by atoms with Gasteiger partial charge in [0.15, 0.2) is 0 Å². The highest BCUT2D eigenvalue weighted by Gasteiger charge is 2.27. The smallest absolute Gasteiger partial charge is 0.126 e. The lowest BCUT2D eigenvalue weighted by Crippen LogP contribution is -2.39. The summed E-state index contributed by atoms with van der Waals surface area (Å²) in [5.41, 5.74) is 3.38. The molecule has 128 valence electrons. The van der Waals surface area contributed by atoms with E-state index < -0.39 is 0 Å². The monoisotopic (exact) mass is 353 g/mol. The lowest BCUT2D eigenvalue weighted by molar-refractivity contribution is -0.0156. The summed E-state index contributed by atoms with van der Waals surface area (Å²) in [5.74, 6) is 0.945. The van der Waals surface area contributed by atoms with Crippen molar-refractivity contribution < 1.29 is 4.74 Å². The highest BCUT2D eigenvalue weighted by Crippen LogP contribution is 2.27. The van der Waals surface area contributed by atoms with Crippen LogP contribution < -0.4 is 0 Å². The van der Waals surface area contributed by atoms with E-state index in [1.165, 1.54) is 5.56 Å². The molecule has 0 amide bonds. The summed E-state index contributed by atoms with van der Waals surface area (Å²) in [5, 5.41) is 0.734. The molecule has 25 heavy (non-hydrogen) atoms. The normalized spacial score (nSPS) is 18.4. The molecule has 5 heteroatoms.